The lowest BCUT2D eigenvalue weighted by Crippen LogP contribution is -2.07. The van der Waals surface area contributed by atoms with Gasteiger partial charge in [-0.05, 0) is 6.92 Å². The van der Waals surface area contributed by atoms with Crippen LogP contribution < -0.4 is 4.74 Å². The first-order valence-corrected chi connectivity index (χ1v) is 6.27. The highest BCUT2D eigenvalue weighted by Crippen LogP contribution is 2.31. The number of aromatic nitrogens is 2. The van der Waals surface area contributed by atoms with Crippen molar-refractivity contribution in [3.8, 4) is 17.3 Å². The van der Waals surface area contributed by atoms with Crippen LogP contribution in [0.25, 0.3) is 11.4 Å². The molecule has 2 aromatic rings. The summed E-state index contributed by atoms with van der Waals surface area (Å²) in [5.74, 6) is 0.823. The van der Waals surface area contributed by atoms with Crippen LogP contribution in [0, 0.1) is 0 Å². The third kappa shape index (κ3) is 1.97. The Morgan fingerprint density at radius 1 is 1.42 bits per heavy atom. The minimum atomic E-state index is -0.435. The summed E-state index contributed by atoms with van der Waals surface area (Å²) < 4.78 is 12.4. The Balaban J connectivity index is 2.08. The van der Waals surface area contributed by atoms with Crippen molar-refractivity contribution in [2.24, 2.45) is 0 Å². The Bertz CT molecular complexity index is 605. The number of carbonyl (C=O) groups is 1. The number of ether oxygens (including phenoxy) is 2. The van der Waals surface area contributed by atoms with E-state index < -0.39 is 5.97 Å². The van der Waals surface area contributed by atoms with E-state index in [0.29, 0.717) is 25.6 Å². The van der Waals surface area contributed by atoms with Gasteiger partial charge in [-0.15, -0.1) is 0 Å². The van der Waals surface area contributed by atoms with Gasteiger partial charge < -0.3 is 9.47 Å². The average molecular weight is 258 g/mol. The summed E-state index contributed by atoms with van der Waals surface area (Å²) in [6.45, 7) is 3.36. The standard InChI is InChI=1S/C14H14N2O3/c1-2-18-14(17)11-13-16(8-9-19-13)12(15-11)10-6-4-3-5-7-10/h3-7H,2,8-9H2,1H3. The number of benzene rings is 1. The lowest BCUT2D eigenvalue weighted by Gasteiger charge is -2.00. The molecule has 0 saturated heterocycles. The lowest BCUT2D eigenvalue weighted by molar-refractivity contribution is 0.0516. The van der Waals surface area contributed by atoms with E-state index in [2.05, 4.69) is 4.98 Å². The molecule has 1 aromatic heterocycles. The van der Waals surface area contributed by atoms with Crippen molar-refractivity contribution in [3.63, 3.8) is 0 Å². The average Bonchev–Trinajstić information content (AvgIpc) is 3.01. The molecule has 1 aliphatic rings. The molecule has 1 aliphatic heterocycles. The highest BCUT2D eigenvalue weighted by atomic mass is 16.5. The molecule has 0 unspecified atom stereocenters. The molecule has 0 bridgehead atoms. The van der Waals surface area contributed by atoms with Crippen LogP contribution in [0.5, 0.6) is 5.88 Å². The Hall–Kier alpha value is -2.30. The van der Waals surface area contributed by atoms with Gasteiger partial charge in [0.2, 0.25) is 11.6 Å². The zero-order chi connectivity index (χ0) is 13.2. The molecular weight excluding hydrogens is 244 g/mol. The molecule has 0 amide bonds. The van der Waals surface area contributed by atoms with Crippen LogP contribution in [-0.4, -0.2) is 28.7 Å². The molecule has 0 fully saturated rings. The van der Waals surface area contributed by atoms with Gasteiger partial charge in [-0.3, -0.25) is 4.57 Å². The molecule has 1 aromatic carbocycles. The first-order chi connectivity index (χ1) is 9.31. The monoisotopic (exact) mass is 258 g/mol. The van der Waals surface area contributed by atoms with Crippen molar-refractivity contribution < 1.29 is 14.3 Å². The second-order valence-electron chi connectivity index (χ2n) is 4.18. The number of hydrogen-bond acceptors (Lipinski definition) is 4. The van der Waals surface area contributed by atoms with Crippen molar-refractivity contribution >= 4 is 5.97 Å². The van der Waals surface area contributed by atoms with Gasteiger partial charge in [0.15, 0.2) is 0 Å². The Morgan fingerprint density at radius 3 is 2.95 bits per heavy atom. The summed E-state index contributed by atoms with van der Waals surface area (Å²) in [5.41, 5.74) is 1.23. The fraction of sp³-hybridized carbons (Fsp3) is 0.286. The smallest absolute Gasteiger partial charge is 0.362 e. The second kappa shape index (κ2) is 4.76. The van der Waals surface area contributed by atoms with E-state index in [4.69, 9.17) is 9.47 Å². The number of rotatable bonds is 3. The predicted octanol–water partition coefficient (Wildman–Crippen LogP) is 2.12. The number of nitrogens with zero attached hydrogens (tertiary/aromatic N) is 2. The van der Waals surface area contributed by atoms with Crippen molar-refractivity contribution in [2.45, 2.75) is 13.5 Å². The third-order valence-electron chi connectivity index (χ3n) is 2.98. The maximum atomic E-state index is 11.9. The largest absolute Gasteiger partial charge is 0.475 e. The van der Waals surface area contributed by atoms with E-state index >= 15 is 0 Å². The number of carbonyl (C=O) groups excluding carboxylic acids is 1. The molecule has 5 heteroatoms. The topological polar surface area (TPSA) is 53.3 Å². The van der Waals surface area contributed by atoms with Gasteiger partial charge in [0.05, 0.1) is 13.2 Å². The third-order valence-corrected chi connectivity index (χ3v) is 2.98. The fourth-order valence-electron chi connectivity index (χ4n) is 2.17. The van der Waals surface area contributed by atoms with Gasteiger partial charge in [-0.25, -0.2) is 9.78 Å². The van der Waals surface area contributed by atoms with Crippen LogP contribution in [-0.2, 0) is 11.3 Å². The van der Waals surface area contributed by atoms with Gasteiger partial charge in [-0.2, -0.15) is 0 Å². The molecule has 5 nitrogen and oxygen atoms in total. The van der Waals surface area contributed by atoms with Crippen LogP contribution in [0.15, 0.2) is 30.3 Å². The van der Waals surface area contributed by atoms with Crippen LogP contribution in [0.2, 0.25) is 0 Å². The summed E-state index contributed by atoms with van der Waals surface area (Å²) >= 11 is 0. The fourth-order valence-corrected chi connectivity index (χ4v) is 2.17. The predicted molar refractivity (Wildman–Crippen MR) is 69.1 cm³/mol. The quantitative estimate of drug-likeness (QED) is 0.791. The van der Waals surface area contributed by atoms with Crippen LogP contribution >= 0.6 is 0 Å². The normalized spacial score (nSPS) is 12.9. The maximum Gasteiger partial charge on any atom is 0.362 e. The van der Waals surface area contributed by atoms with Gasteiger partial charge in [0, 0.05) is 5.56 Å². The minimum absolute atomic E-state index is 0.262. The van der Waals surface area contributed by atoms with E-state index in [-0.39, 0.29) is 5.69 Å². The Labute approximate surface area is 110 Å². The van der Waals surface area contributed by atoms with E-state index in [1.165, 1.54) is 0 Å². The molecule has 0 saturated carbocycles. The minimum Gasteiger partial charge on any atom is -0.475 e. The highest BCUT2D eigenvalue weighted by Gasteiger charge is 2.28. The molecule has 0 radical (unpaired) electrons. The number of hydrogen-bond donors (Lipinski definition) is 0. The molecule has 0 N–H and O–H groups in total. The molecule has 0 aliphatic carbocycles. The van der Waals surface area contributed by atoms with Crippen LogP contribution in [0.3, 0.4) is 0 Å². The first kappa shape index (κ1) is 11.8. The number of esters is 1. The molecule has 3 rings (SSSR count). The lowest BCUT2D eigenvalue weighted by atomic mass is 10.2. The van der Waals surface area contributed by atoms with Gasteiger partial charge in [-0.1, -0.05) is 30.3 Å². The van der Waals surface area contributed by atoms with E-state index in [1.807, 2.05) is 34.9 Å². The molecule has 2 heterocycles. The van der Waals surface area contributed by atoms with Crippen LogP contribution in [0.4, 0.5) is 0 Å². The second-order valence-corrected chi connectivity index (χ2v) is 4.18. The first-order valence-electron chi connectivity index (χ1n) is 6.27. The summed E-state index contributed by atoms with van der Waals surface area (Å²) in [5, 5.41) is 0. The summed E-state index contributed by atoms with van der Waals surface area (Å²) in [6.07, 6.45) is 0. The molecule has 98 valence electrons. The maximum absolute atomic E-state index is 11.9. The SMILES string of the molecule is CCOC(=O)c1nc(-c2ccccc2)n2c1OCC2. The number of imidazole rings is 1. The highest BCUT2D eigenvalue weighted by molar-refractivity contribution is 5.91. The van der Waals surface area contributed by atoms with Crippen molar-refractivity contribution in [2.75, 3.05) is 13.2 Å². The Kier molecular flexibility index (Phi) is 2.95. The van der Waals surface area contributed by atoms with Crippen molar-refractivity contribution in [1.82, 2.24) is 9.55 Å². The Morgan fingerprint density at radius 2 is 2.21 bits per heavy atom. The van der Waals surface area contributed by atoms with Crippen LogP contribution in [0.1, 0.15) is 17.4 Å². The summed E-state index contributed by atoms with van der Waals surface area (Å²) in [6, 6.07) is 9.75. The van der Waals surface area contributed by atoms with Gasteiger partial charge in [0.25, 0.3) is 0 Å². The molecule has 19 heavy (non-hydrogen) atoms. The van der Waals surface area contributed by atoms with E-state index in [1.54, 1.807) is 6.92 Å². The molecule has 0 atom stereocenters. The van der Waals surface area contributed by atoms with Crippen molar-refractivity contribution in [3.05, 3.63) is 36.0 Å². The summed E-state index contributed by atoms with van der Waals surface area (Å²) in [4.78, 5) is 16.3. The summed E-state index contributed by atoms with van der Waals surface area (Å²) in [7, 11) is 0. The molecular formula is C14H14N2O3. The number of fused-ring (bicyclic) bond motifs is 1. The van der Waals surface area contributed by atoms with E-state index in [9.17, 15) is 4.79 Å². The zero-order valence-electron chi connectivity index (χ0n) is 10.6. The van der Waals surface area contributed by atoms with Crippen molar-refractivity contribution in [1.29, 1.82) is 0 Å². The van der Waals surface area contributed by atoms with Gasteiger partial charge in [0.1, 0.15) is 12.4 Å². The van der Waals surface area contributed by atoms with E-state index in [0.717, 1.165) is 11.4 Å². The van der Waals surface area contributed by atoms with Gasteiger partial charge >= 0.3 is 5.97 Å². The zero-order valence-corrected chi connectivity index (χ0v) is 10.6. The molecule has 0 spiro atoms.